The summed E-state index contributed by atoms with van der Waals surface area (Å²) in [4.78, 5) is 0. The number of hydrogen-bond donors (Lipinski definition) is 0. The molecule has 0 heterocycles. The Labute approximate surface area is 74.8 Å². The van der Waals surface area contributed by atoms with Crippen LogP contribution in [0.15, 0.2) is 0 Å². The number of halogens is 3. The maximum atomic E-state index is 11.5. The first-order valence-electron chi connectivity index (χ1n) is 3.77. The topological polar surface area (TPSA) is 27.7 Å². The number of alkyl halides is 3. The largest absolute Gasteiger partial charge is 0.411 e. The summed E-state index contributed by atoms with van der Waals surface area (Å²) in [5, 5.41) is 0. The highest BCUT2D eigenvalue weighted by Gasteiger charge is 2.27. The fraction of sp³-hybridized carbons (Fsp3) is 1.00. The standard InChI is InChI=1S/C7H13F3O3/c1-11-2-3-12-4-5-13-6-7(8,9)10/h2-6H2,1H3. The molecule has 3 nitrogen and oxygen atoms in total. The molecule has 0 bridgehead atoms. The van der Waals surface area contributed by atoms with Gasteiger partial charge in [-0.05, 0) is 0 Å². The van der Waals surface area contributed by atoms with Gasteiger partial charge in [0.05, 0.1) is 26.4 Å². The average molecular weight is 202 g/mol. The molecule has 0 aromatic carbocycles. The van der Waals surface area contributed by atoms with E-state index in [0.29, 0.717) is 13.2 Å². The van der Waals surface area contributed by atoms with Crippen LogP contribution >= 0.6 is 0 Å². The lowest BCUT2D eigenvalue weighted by Gasteiger charge is -2.07. The average Bonchev–Trinajstić information content (AvgIpc) is 2.01. The van der Waals surface area contributed by atoms with Crippen molar-refractivity contribution in [2.24, 2.45) is 0 Å². The molecule has 13 heavy (non-hydrogen) atoms. The van der Waals surface area contributed by atoms with Gasteiger partial charge in [-0.25, -0.2) is 0 Å². The Kier molecular flexibility index (Phi) is 6.93. The lowest BCUT2D eigenvalue weighted by atomic mass is 10.7. The van der Waals surface area contributed by atoms with E-state index in [1.54, 1.807) is 0 Å². The van der Waals surface area contributed by atoms with E-state index in [9.17, 15) is 13.2 Å². The molecule has 0 rings (SSSR count). The molecule has 0 unspecified atom stereocenters. The zero-order chi connectivity index (χ0) is 10.2. The van der Waals surface area contributed by atoms with E-state index >= 15 is 0 Å². The minimum absolute atomic E-state index is 0.0524. The Bertz CT molecular complexity index is 116. The second-order valence-electron chi connectivity index (χ2n) is 2.27. The van der Waals surface area contributed by atoms with Crippen molar-refractivity contribution in [3.8, 4) is 0 Å². The van der Waals surface area contributed by atoms with Gasteiger partial charge >= 0.3 is 6.18 Å². The molecular weight excluding hydrogens is 189 g/mol. The molecule has 0 atom stereocenters. The third kappa shape index (κ3) is 11.7. The second-order valence-corrected chi connectivity index (χ2v) is 2.27. The molecule has 0 aromatic rings. The van der Waals surface area contributed by atoms with Gasteiger partial charge in [-0.2, -0.15) is 13.2 Å². The van der Waals surface area contributed by atoms with Gasteiger partial charge in [0.1, 0.15) is 6.61 Å². The van der Waals surface area contributed by atoms with Gasteiger partial charge in [0, 0.05) is 7.11 Å². The number of rotatable bonds is 7. The van der Waals surface area contributed by atoms with Crippen LogP contribution in [0.1, 0.15) is 0 Å². The normalized spacial score (nSPS) is 12.0. The lowest BCUT2D eigenvalue weighted by Crippen LogP contribution is -2.19. The number of ether oxygens (including phenoxy) is 3. The maximum Gasteiger partial charge on any atom is 0.411 e. The van der Waals surface area contributed by atoms with Crippen LogP contribution < -0.4 is 0 Å². The minimum atomic E-state index is -4.26. The Hall–Kier alpha value is -0.330. The summed E-state index contributed by atoms with van der Waals surface area (Å²) < 4.78 is 48.3. The molecule has 0 amide bonds. The molecule has 0 spiro atoms. The van der Waals surface area contributed by atoms with Crippen LogP contribution in [-0.2, 0) is 14.2 Å². The second kappa shape index (κ2) is 7.11. The molecular formula is C7H13F3O3. The zero-order valence-corrected chi connectivity index (χ0v) is 7.39. The third-order valence-corrected chi connectivity index (χ3v) is 1.07. The molecule has 0 aliphatic carbocycles. The van der Waals surface area contributed by atoms with Crippen LogP contribution in [0.4, 0.5) is 13.2 Å². The van der Waals surface area contributed by atoms with Crippen molar-refractivity contribution >= 4 is 0 Å². The van der Waals surface area contributed by atoms with Crippen LogP contribution in [0.2, 0.25) is 0 Å². The van der Waals surface area contributed by atoms with Crippen LogP contribution in [-0.4, -0.2) is 46.3 Å². The van der Waals surface area contributed by atoms with Gasteiger partial charge in [0.2, 0.25) is 0 Å². The molecule has 0 aliphatic rings. The Balaban J connectivity index is 3.00. The van der Waals surface area contributed by atoms with E-state index < -0.39 is 12.8 Å². The fourth-order valence-electron chi connectivity index (χ4n) is 0.550. The molecule has 0 aromatic heterocycles. The molecule has 0 aliphatic heterocycles. The molecule has 80 valence electrons. The first kappa shape index (κ1) is 12.7. The van der Waals surface area contributed by atoms with Crippen molar-refractivity contribution in [2.75, 3.05) is 40.1 Å². The van der Waals surface area contributed by atoms with E-state index in [4.69, 9.17) is 4.74 Å². The summed E-state index contributed by atoms with van der Waals surface area (Å²) in [7, 11) is 1.52. The van der Waals surface area contributed by atoms with Gasteiger partial charge in [0.25, 0.3) is 0 Å². The van der Waals surface area contributed by atoms with Gasteiger partial charge in [-0.3, -0.25) is 0 Å². The zero-order valence-electron chi connectivity index (χ0n) is 7.39. The Morgan fingerprint density at radius 3 is 2.00 bits per heavy atom. The molecule has 0 radical (unpaired) electrons. The monoisotopic (exact) mass is 202 g/mol. The summed E-state index contributed by atoms with van der Waals surface area (Å²) in [6.07, 6.45) is -4.26. The SMILES string of the molecule is COCCOCCOCC(F)(F)F. The number of methoxy groups -OCH3 is 1. The summed E-state index contributed by atoms with van der Waals surface area (Å²) in [6.45, 7) is -0.325. The Morgan fingerprint density at radius 1 is 0.923 bits per heavy atom. The number of hydrogen-bond acceptors (Lipinski definition) is 3. The quantitative estimate of drug-likeness (QED) is 0.581. The molecule has 0 fully saturated rings. The van der Waals surface area contributed by atoms with Crippen molar-refractivity contribution in [3.63, 3.8) is 0 Å². The summed E-state index contributed by atoms with van der Waals surface area (Å²) >= 11 is 0. The molecule has 0 saturated heterocycles. The fourth-order valence-corrected chi connectivity index (χ4v) is 0.550. The van der Waals surface area contributed by atoms with Crippen LogP contribution in [0.5, 0.6) is 0 Å². The first-order valence-corrected chi connectivity index (χ1v) is 3.77. The van der Waals surface area contributed by atoms with Crippen molar-refractivity contribution in [1.82, 2.24) is 0 Å². The highest BCUT2D eigenvalue weighted by Crippen LogP contribution is 2.13. The lowest BCUT2D eigenvalue weighted by molar-refractivity contribution is -0.176. The van der Waals surface area contributed by atoms with Gasteiger partial charge < -0.3 is 14.2 Å². The smallest absolute Gasteiger partial charge is 0.382 e. The van der Waals surface area contributed by atoms with Crippen LogP contribution in [0.25, 0.3) is 0 Å². The highest BCUT2D eigenvalue weighted by atomic mass is 19.4. The minimum Gasteiger partial charge on any atom is -0.382 e. The van der Waals surface area contributed by atoms with Gasteiger partial charge in [-0.15, -0.1) is 0 Å². The highest BCUT2D eigenvalue weighted by molar-refractivity contribution is 4.44. The van der Waals surface area contributed by atoms with Crippen molar-refractivity contribution in [2.45, 2.75) is 6.18 Å². The molecule has 0 N–H and O–H groups in total. The first-order chi connectivity index (χ1) is 6.06. The van der Waals surface area contributed by atoms with Gasteiger partial charge in [0.15, 0.2) is 0 Å². The van der Waals surface area contributed by atoms with E-state index in [-0.39, 0.29) is 13.2 Å². The summed E-state index contributed by atoms with van der Waals surface area (Å²) in [5.41, 5.74) is 0. The van der Waals surface area contributed by atoms with E-state index in [1.807, 2.05) is 0 Å². The van der Waals surface area contributed by atoms with Crippen molar-refractivity contribution in [3.05, 3.63) is 0 Å². The summed E-state index contributed by atoms with van der Waals surface area (Å²) in [6, 6.07) is 0. The van der Waals surface area contributed by atoms with Crippen LogP contribution in [0, 0.1) is 0 Å². The van der Waals surface area contributed by atoms with E-state index in [1.165, 1.54) is 7.11 Å². The Morgan fingerprint density at radius 2 is 1.46 bits per heavy atom. The maximum absolute atomic E-state index is 11.5. The van der Waals surface area contributed by atoms with E-state index in [2.05, 4.69) is 9.47 Å². The third-order valence-electron chi connectivity index (χ3n) is 1.07. The predicted molar refractivity (Wildman–Crippen MR) is 39.6 cm³/mol. The van der Waals surface area contributed by atoms with Crippen LogP contribution in [0.3, 0.4) is 0 Å². The van der Waals surface area contributed by atoms with Gasteiger partial charge in [-0.1, -0.05) is 0 Å². The van der Waals surface area contributed by atoms with Crippen molar-refractivity contribution < 1.29 is 27.4 Å². The van der Waals surface area contributed by atoms with E-state index in [0.717, 1.165) is 0 Å². The molecule has 6 heteroatoms. The predicted octanol–water partition coefficient (Wildman–Crippen LogP) is 1.23. The summed E-state index contributed by atoms with van der Waals surface area (Å²) in [5.74, 6) is 0. The molecule has 0 saturated carbocycles. The van der Waals surface area contributed by atoms with Crippen molar-refractivity contribution in [1.29, 1.82) is 0 Å².